The lowest BCUT2D eigenvalue weighted by atomic mass is 9.88. The molecule has 0 N–H and O–H groups in total. The fourth-order valence-corrected chi connectivity index (χ4v) is 1.25. The molecule has 2 aliphatic rings. The Hall–Kier alpha value is -1.31. The Morgan fingerprint density at radius 2 is 2.08 bits per heavy atom. The molecule has 0 aromatic rings. The minimum atomic E-state index is 0.134. The van der Waals surface area contributed by atoms with Crippen LogP contribution in [0.4, 0.5) is 0 Å². The van der Waals surface area contributed by atoms with Crippen LogP contribution in [-0.2, 0) is 5.41 Å². The molecular formula is C11H13NO. The first-order valence-corrected chi connectivity index (χ1v) is 4.41. The predicted octanol–water partition coefficient (Wildman–Crippen LogP) is 3.08. The molecule has 2 heterocycles. The maximum atomic E-state index is 5.40. The molecule has 0 spiro atoms. The maximum absolute atomic E-state index is 5.40. The fraction of sp³-hybridized carbons (Fsp3) is 0.364. The molecule has 0 fully saturated rings. The van der Waals surface area contributed by atoms with Crippen molar-refractivity contribution in [3.63, 3.8) is 0 Å². The van der Waals surface area contributed by atoms with Crippen molar-refractivity contribution in [2.24, 2.45) is 0 Å². The molecule has 2 aliphatic heterocycles. The predicted molar refractivity (Wildman–Crippen MR) is 51.8 cm³/mol. The highest BCUT2D eigenvalue weighted by molar-refractivity contribution is 5.55. The normalized spacial score (nSPS) is 12.2. The van der Waals surface area contributed by atoms with E-state index in [1.165, 1.54) is 5.56 Å². The first-order valence-electron chi connectivity index (χ1n) is 4.41. The molecule has 2 nitrogen and oxygen atoms in total. The summed E-state index contributed by atoms with van der Waals surface area (Å²) in [6, 6.07) is 4.10. The molecule has 2 heteroatoms. The van der Waals surface area contributed by atoms with Gasteiger partial charge in [-0.05, 0) is 23.1 Å². The Labute approximate surface area is 77.9 Å². The molecule has 0 atom stereocenters. The van der Waals surface area contributed by atoms with E-state index >= 15 is 0 Å². The van der Waals surface area contributed by atoms with Crippen molar-refractivity contribution < 1.29 is 4.42 Å². The van der Waals surface area contributed by atoms with Gasteiger partial charge >= 0.3 is 0 Å². The number of fused-ring (bicyclic) bond motifs is 1. The molecule has 0 radical (unpaired) electrons. The van der Waals surface area contributed by atoms with Crippen molar-refractivity contribution in [1.29, 1.82) is 0 Å². The second-order valence-electron chi connectivity index (χ2n) is 4.29. The van der Waals surface area contributed by atoms with Gasteiger partial charge in [0.1, 0.15) is 0 Å². The first kappa shape index (κ1) is 8.30. The fourth-order valence-electron chi connectivity index (χ4n) is 1.25. The van der Waals surface area contributed by atoms with Crippen LogP contribution in [0.1, 0.15) is 26.3 Å². The van der Waals surface area contributed by atoms with Gasteiger partial charge in [0.2, 0.25) is 5.89 Å². The average molecular weight is 175 g/mol. The van der Waals surface area contributed by atoms with Gasteiger partial charge in [-0.2, -0.15) is 0 Å². The lowest BCUT2D eigenvalue weighted by molar-refractivity contribution is 0.505. The van der Waals surface area contributed by atoms with E-state index in [1.807, 2.05) is 6.07 Å². The number of rotatable bonds is 0. The highest BCUT2D eigenvalue weighted by Crippen LogP contribution is 2.28. The number of hydrogen-bond donors (Lipinski definition) is 0. The van der Waals surface area contributed by atoms with Crippen LogP contribution in [0.15, 0.2) is 29.0 Å². The molecule has 13 heavy (non-hydrogen) atoms. The van der Waals surface area contributed by atoms with Crippen LogP contribution in [0, 0.1) is 0 Å². The van der Waals surface area contributed by atoms with Crippen molar-refractivity contribution in [1.82, 2.24) is 4.98 Å². The summed E-state index contributed by atoms with van der Waals surface area (Å²) in [5.41, 5.74) is 2.41. The van der Waals surface area contributed by atoms with E-state index < -0.39 is 0 Å². The monoisotopic (exact) mass is 175 g/mol. The third kappa shape index (κ3) is 1.44. The van der Waals surface area contributed by atoms with Gasteiger partial charge in [-0.15, -0.1) is 0 Å². The van der Waals surface area contributed by atoms with Gasteiger partial charge in [-0.1, -0.05) is 20.8 Å². The minimum Gasteiger partial charge on any atom is -0.446 e. The van der Waals surface area contributed by atoms with Crippen LogP contribution in [0.25, 0.3) is 11.5 Å². The second kappa shape index (κ2) is 2.59. The molecule has 0 unspecified atom stereocenters. The first-order chi connectivity index (χ1) is 6.07. The van der Waals surface area contributed by atoms with Crippen molar-refractivity contribution in [3.05, 3.63) is 30.2 Å². The van der Waals surface area contributed by atoms with Crippen molar-refractivity contribution in [2.45, 2.75) is 26.2 Å². The minimum absolute atomic E-state index is 0.134. The van der Waals surface area contributed by atoms with Crippen LogP contribution >= 0.6 is 0 Å². The molecule has 0 aromatic heterocycles. The molecule has 2 rings (SSSR count). The maximum Gasteiger partial charge on any atom is 0.225 e. The van der Waals surface area contributed by atoms with Gasteiger partial charge in [0.25, 0.3) is 0 Å². The van der Waals surface area contributed by atoms with Gasteiger partial charge in [0.05, 0.1) is 6.26 Å². The number of aromatic nitrogens is 1. The van der Waals surface area contributed by atoms with Crippen molar-refractivity contribution in [2.75, 3.05) is 0 Å². The molecule has 0 amide bonds. The van der Waals surface area contributed by atoms with Crippen LogP contribution in [0.3, 0.4) is 0 Å². The summed E-state index contributed by atoms with van der Waals surface area (Å²) >= 11 is 0. The summed E-state index contributed by atoms with van der Waals surface area (Å²) < 4.78 is 5.40. The standard InChI is InChI=1S/C11H13NO/c1-11(2,3)9-6-8-4-5-12-10(8)13-7-9/h4-7H,1-3H3. The summed E-state index contributed by atoms with van der Waals surface area (Å²) in [4.78, 5) is 4.08. The van der Waals surface area contributed by atoms with Gasteiger partial charge in [0.15, 0.2) is 0 Å². The Morgan fingerprint density at radius 1 is 1.31 bits per heavy atom. The van der Waals surface area contributed by atoms with Crippen LogP contribution in [0.2, 0.25) is 0 Å². The lowest BCUT2D eigenvalue weighted by Gasteiger charge is -2.18. The molecule has 0 saturated carbocycles. The summed E-state index contributed by atoms with van der Waals surface area (Å²) in [7, 11) is 0. The van der Waals surface area contributed by atoms with Gasteiger partial charge < -0.3 is 4.42 Å². The van der Waals surface area contributed by atoms with E-state index in [2.05, 4.69) is 31.8 Å². The Morgan fingerprint density at radius 3 is 2.77 bits per heavy atom. The van der Waals surface area contributed by atoms with Gasteiger partial charge in [0, 0.05) is 11.8 Å². The summed E-state index contributed by atoms with van der Waals surface area (Å²) in [6.07, 6.45) is 3.55. The third-order valence-corrected chi connectivity index (χ3v) is 2.17. The van der Waals surface area contributed by atoms with E-state index in [0.29, 0.717) is 5.89 Å². The van der Waals surface area contributed by atoms with E-state index in [9.17, 15) is 0 Å². The van der Waals surface area contributed by atoms with Crippen LogP contribution in [0.5, 0.6) is 0 Å². The zero-order valence-corrected chi connectivity index (χ0v) is 8.16. The number of hydrogen-bond acceptors (Lipinski definition) is 2. The third-order valence-electron chi connectivity index (χ3n) is 2.17. The quantitative estimate of drug-likeness (QED) is 0.615. The van der Waals surface area contributed by atoms with Crippen LogP contribution in [-0.4, -0.2) is 4.98 Å². The molecule has 0 saturated heterocycles. The van der Waals surface area contributed by atoms with Gasteiger partial charge in [-0.25, -0.2) is 4.98 Å². The van der Waals surface area contributed by atoms with Crippen LogP contribution < -0.4 is 0 Å². The Bertz CT molecular complexity index is 384. The van der Waals surface area contributed by atoms with E-state index in [4.69, 9.17) is 4.42 Å². The molecule has 68 valence electrons. The Balaban J connectivity index is 2.56. The largest absolute Gasteiger partial charge is 0.446 e. The second-order valence-corrected chi connectivity index (χ2v) is 4.29. The number of nitrogens with zero attached hydrogens (tertiary/aromatic N) is 1. The molecule has 0 aliphatic carbocycles. The molecule has 0 bridgehead atoms. The highest BCUT2D eigenvalue weighted by atomic mass is 16.3. The summed E-state index contributed by atoms with van der Waals surface area (Å²) in [5.74, 6) is 0.716. The molecular weight excluding hydrogens is 162 g/mol. The lowest BCUT2D eigenvalue weighted by Crippen LogP contribution is -2.10. The smallest absolute Gasteiger partial charge is 0.225 e. The van der Waals surface area contributed by atoms with Gasteiger partial charge in [-0.3, -0.25) is 0 Å². The summed E-state index contributed by atoms with van der Waals surface area (Å²) in [5, 5.41) is 0. The Kier molecular flexibility index (Phi) is 1.65. The van der Waals surface area contributed by atoms with E-state index in [1.54, 1.807) is 12.5 Å². The van der Waals surface area contributed by atoms with E-state index in [-0.39, 0.29) is 5.41 Å². The zero-order valence-electron chi connectivity index (χ0n) is 8.16. The summed E-state index contributed by atoms with van der Waals surface area (Å²) in [6.45, 7) is 6.50. The van der Waals surface area contributed by atoms with Crippen molar-refractivity contribution in [3.8, 4) is 11.5 Å². The van der Waals surface area contributed by atoms with E-state index in [0.717, 1.165) is 5.56 Å². The zero-order chi connectivity index (χ0) is 9.47. The molecule has 0 aromatic carbocycles. The topological polar surface area (TPSA) is 26.0 Å². The SMILES string of the molecule is CC(C)(C)c1coc2nccc-2c1. The van der Waals surface area contributed by atoms with Crippen molar-refractivity contribution >= 4 is 0 Å². The highest BCUT2D eigenvalue weighted by Gasteiger charge is 2.17. The average Bonchev–Trinajstić information content (AvgIpc) is 2.47.